The third-order valence-electron chi connectivity index (χ3n) is 2.91. The van der Waals surface area contributed by atoms with E-state index in [1.165, 1.54) is 0 Å². The van der Waals surface area contributed by atoms with E-state index in [0.29, 0.717) is 6.73 Å². The second-order valence-electron chi connectivity index (χ2n) is 5.58. The number of amides is 1. The molecule has 1 rings (SSSR count). The number of carbonyl (C=O) groups excluding carboxylic acids is 1. The highest BCUT2D eigenvalue weighted by Gasteiger charge is 2.29. The highest BCUT2D eigenvalue weighted by Crippen LogP contribution is 2.18. The van der Waals surface area contributed by atoms with Gasteiger partial charge in [0.15, 0.2) is 0 Å². The minimum atomic E-state index is -0.353. The predicted molar refractivity (Wildman–Crippen MR) is 63.8 cm³/mol. The quantitative estimate of drug-likeness (QED) is 0.779. The Hall–Kier alpha value is -0.610. The first-order chi connectivity index (χ1) is 7.31. The first kappa shape index (κ1) is 13.5. The van der Waals surface area contributed by atoms with Crippen LogP contribution in [-0.2, 0) is 9.53 Å². The van der Waals surface area contributed by atoms with E-state index in [2.05, 4.69) is 6.92 Å². The first-order valence-electron chi connectivity index (χ1n) is 6.01. The summed E-state index contributed by atoms with van der Waals surface area (Å²) >= 11 is 0. The van der Waals surface area contributed by atoms with E-state index >= 15 is 0 Å². The Balaban J connectivity index is 2.62. The minimum Gasteiger partial charge on any atom is -0.355 e. The van der Waals surface area contributed by atoms with Crippen LogP contribution in [0.4, 0.5) is 0 Å². The summed E-state index contributed by atoms with van der Waals surface area (Å²) in [4.78, 5) is 13.8. The Kier molecular flexibility index (Phi) is 4.33. The van der Waals surface area contributed by atoms with Crippen LogP contribution in [0.2, 0.25) is 0 Å². The van der Waals surface area contributed by atoms with E-state index in [1.54, 1.807) is 4.90 Å². The number of ether oxygens (including phenoxy) is 1. The molecule has 0 bridgehead atoms. The lowest BCUT2D eigenvalue weighted by molar-refractivity contribution is -0.146. The zero-order valence-corrected chi connectivity index (χ0v) is 10.8. The first-order valence-corrected chi connectivity index (χ1v) is 6.01. The van der Waals surface area contributed by atoms with Crippen LogP contribution >= 0.6 is 0 Å². The van der Waals surface area contributed by atoms with Gasteiger partial charge in [-0.15, -0.1) is 0 Å². The molecular formula is C12H24N2O2. The van der Waals surface area contributed by atoms with Crippen molar-refractivity contribution >= 4 is 5.91 Å². The number of carbonyl (C=O) groups is 1. The summed E-state index contributed by atoms with van der Waals surface area (Å²) in [5.41, 5.74) is 5.60. The van der Waals surface area contributed by atoms with Gasteiger partial charge >= 0.3 is 0 Å². The van der Waals surface area contributed by atoms with Gasteiger partial charge in [-0.05, 0) is 47.0 Å². The summed E-state index contributed by atoms with van der Waals surface area (Å²) in [7, 11) is 0. The van der Waals surface area contributed by atoms with Gasteiger partial charge in [-0.2, -0.15) is 0 Å². The number of nitrogens with zero attached hydrogens (tertiary/aromatic N) is 1. The molecule has 4 nitrogen and oxygen atoms in total. The summed E-state index contributed by atoms with van der Waals surface area (Å²) in [6.07, 6.45) is 2.81. The topological polar surface area (TPSA) is 55.6 Å². The summed E-state index contributed by atoms with van der Waals surface area (Å²) in [5.74, 6) is 0.0225. The SMILES string of the molecule is CC1CCCC(N)C(=O)N1COC(C)(C)C. The Morgan fingerprint density at radius 3 is 2.62 bits per heavy atom. The van der Waals surface area contributed by atoms with Crippen molar-refractivity contribution in [2.24, 2.45) is 5.73 Å². The molecule has 94 valence electrons. The van der Waals surface area contributed by atoms with Crippen LogP contribution in [0.1, 0.15) is 47.0 Å². The molecule has 0 saturated carbocycles. The van der Waals surface area contributed by atoms with Crippen LogP contribution in [0.15, 0.2) is 0 Å². The average Bonchev–Trinajstić information content (AvgIpc) is 2.25. The van der Waals surface area contributed by atoms with Crippen LogP contribution < -0.4 is 5.73 Å². The molecule has 16 heavy (non-hydrogen) atoms. The molecule has 1 saturated heterocycles. The third-order valence-corrected chi connectivity index (χ3v) is 2.91. The molecule has 2 unspecified atom stereocenters. The van der Waals surface area contributed by atoms with Crippen molar-refractivity contribution < 1.29 is 9.53 Å². The average molecular weight is 228 g/mol. The van der Waals surface area contributed by atoms with E-state index in [-0.39, 0.29) is 23.6 Å². The fraction of sp³-hybridized carbons (Fsp3) is 0.917. The van der Waals surface area contributed by atoms with Gasteiger partial charge in [0.1, 0.15) is 6.73 Å². The number of likely N-dealkylation sites (tertiary alicyclic amines) is 1. The maximum Gasteiger partial charge on any atom is 0.241 e. The van der Waals surface area contributed by atoms with Crippen molar-refractivity contribution in [1.29, 1.82) is 0 Å². The Morgan fingerprint density at radius 2 is 2.06 bits per heavy atom. The van der Waals surface area contributed by atoms with Crippen LogP contribution in [0.3, 0.4) is 0 Å². The smallest absolute Gasteiger partial charge is 0.241 e. The molecule has 1 heterocycles. The standard InChI is InChI=1S/C12H24N2O2/c1-9-6-5-7-10(13)11(15)14(9)8-16-12(2,3)4/h9-10H,5-8,13H2,1-4H3. The van der Waals surface area contributed by atoms with Gasteiger partial charge in [0.2, 0.25) is 5.91 Å². The molecule has 0 aromatic heterocycles. The molecule has 0 aliphatic carbocycles. The van der Waals surface area contributed by atoms with E-state index in [0.717, 1.165) is 19.3 Å². The van der Waals surface area contributed by atoms with E-state index in [4.69, 9.17) is 10.5 Å². The lowest BCUT2D eigenvalue weighted by atomic mass is 10.1. The number of nitrogens with two attached hydrogens (primary N) is 1. The van der Waals surface area contributed by atoms with E-state index in [1.807, 2.05) is 20.8 Å². The fourth-order valence-corrected chi connectivity index (χ4v) is 1.80. The molecule has 2 atom stereocenters. The van der Waals surface area contributed by atoms with Crippen molar-refractivity contribution in [3.05, 3.63) is 0 Å². The summed E-state index contributed by atoms with van der Waals surface area (Å²) in [6, 6.07) is -0.128. The highest BCUT2D eigenvalue weighted by atomic mass is 16.5. The second kappa shape index (κ2) is 5.15. The van der Waals surface area contributed by atoms with Gasteiger partial charge in [-0.3, -0.25) is 4.79 Å². The normalized spacial score (nSPS) is 28.1. The fourth-order valence-electron chi connectivity index (χ4n) is 1.80. The number of rotatable bonds is 2. The molecular weight excluding hydrogens is 204 g/mol. The molecule has 1 aliphatic heterocycles. The molecule has 0 radical (unpaired) electrons. The summed E-state index contributed by atoms with van der Waals surface area (Å²) in [5, 5.41) is 0. The lowest BCUT2D eigenvalue weighted by Gasteiger charge is -2.31. The van der Waals surface area contributed by atoms with Crippen molar-refractivity contribution in [3.8, 4) is 0 Å². The predicted octanol–water partition coefficient (Wildman–Crippen LogP) is 1.49. The van der Waals surface area contributed by atoms with Gasteiger partial charge in [-0.25, -0.2) is 0 Å². The molecule has 0 aromatic rings. The maximum atomic E-state index is 12.0. The van der Waals surface area contributed by atoms with Crippen molar-refractivity contribution in [3.63, 3.8) is 0 Å². The Labute approximate surface area is 98.1 Å². The molecule has 0 spiro atoms. The van der Waals surface area contributed by atoms with Crippen LogP contribution in [0, 0.1) is 0 Å². The Morgan fingerprint density at radius 1 is 1.44 bits per heavy atom. The molecule has 1 aliphatic rings. The number of hydrogen-bond acceptors (Lipinski definition) is 3. The van der Waals surface area contributed by atoms with Crippen molar-refractivity contribution in [2.45, 2.75) is 64.6 Å². The van der Waals surface area contributed by atoms with Crippen molar-refractivity contribution in [1.82, 2.24) is 4.90 Å². The van der Waals surface area contributed by atoms with Gasteiger partial charge in [0.05, 0.1) is 11.6 Å². The van der Waals surface area contributed by atoms with Gasteiger partial charge in [0.25, 0.3) is 0 Å². The molecule has 2 N–H and O–H groups in total. The third kappa shape index (κ3) is 3.76. The van der Waals surface area contributed by atoms with Crippen LogP contribution in [0.5, 0.6) is 0 Å². The molecule has 1 amide bonds. The molecule has 0 aromatic carbocycles. The number of hydrogen-bond donors (Lipinski definition) is 1. The van der Waals surface area contributed by atoms with Gasteiger partial charge in [0, 0.05) is 6.04 Å². The maximum absolute atomic E-state index is 12.0. The Bertz CT molecular complexity index is 248. The van der Waals surface area contributed by atoms with Crippen LogP contribution in [0.25, 0.3) is 0 Å². The zero-order valence-electron chi connectivity index (χ0n) is 10.8. The van der Waals surface area contributed by atoms with Gasteiger partial charge in [-0.1, -0.05) is 0 Å². The minimum absolute atomic E-state index is 0.0225. The summed E-state index contributed by atoms with van der Waals surface area (Å²) in [6.45, 7) is 8.36. The van der Waals surface area contributed by atoms with Crippen LogP contribution in [-0.4, -0.2) is 35.2 Å². The monoisotopic (exact) mass is 228 g/mol. The van der Waals surface area contributed by atoms with Gasteiger partial charge < -0.3 is 15.4 Å². The highest BCUT2D eigenvalue weighted by molar-refractivity contribution is 5.82. The van der Waals surface area contributed by atoms with E-state index < -0.39 is 0 Å². The molecule has 4 heteroatoms. The zero-order chi connectivity index (χ0) is 12.3. The van der Waals surface area contributed by atoms with Crippen molar-refractivity contribution in [2.75, 3.05) is 6.73 Å². The second-order valence-corrected chi connectivity index (χ2v) is 5.58. The summed E-state index contributed by atoms with van der Waals surface area (Å²) < 4.78 is 5.66. The largest absolute Gasteiger partial charge is 0.355 e. The lowest BCUT2D eigenvalue weighted by Crippen LogP contribution is -2.47. The molecule has 1 fully saturated rings. The van der Waals surface area contributed by atoms with E-state index in [9.17, 15) is 4.79 Å².